The van der Waals surface area contributed by atoms with Crippen molar-refractivity contribution in [1.82, 2.24) is 29.6 Å². The number of halogens is 3. The van der Waals surface area contributed by atoms with Crippen molar-refractivity contribution in [2.24, 2.45) is 0 Å². The van der Waals surface area contributed by atoms with Crippen LogP contribution in [-0.4, -0.2) is 29.6 Å². The van der Waals surface area contributed by atoms with Crippen molar-refractivity contribution in [3.63, 3.8) is 0 Å². The number of hydrogen-bond donors (Lipinski definition) is 0. The largest absolute Gasteiger partial charge is 0.416 e. The summed E-state index contributed by atoms with van der Waals surface area (Å²) in [5.41, 5.74) is 0.0365. The first-order valence-corrected chi connectivity index (χ1v) is 7.83. The summed E-state index contributed by atoms with van der Waals surface area (Å²) in [6, 6.07) is 11.2. The molecule has 4 rings (SSSR count). The molecule has 0 fully saturated rings. The predicted octanol–water partition coefficient (Wildman–Crippen LogP) is 2.42. The van der Waals surface area contributed by atoms with E-state index in [0.717, 1.165) is 12.1 Å². The SMILES string of the molecule is O=c1cc(Cn2nnc(-c3cccc(C(F)(F)F)c3)n2)nc2ccccn12. The average molecular weight is 372 g/mol. The maximum absolute atomic E-state index is 12.8. The lowest BCUT2D eigenvalue weighted by Crippen LogP contribution is -2.17. The van der Waals surface area contributed by atoms with Gasteiger partial charge in [0.05, 0.1) is 11.3 Å². The molecule has 136 valence electrons. The predicted molar refractivity (Wildman–Crippen MR) is 88.8 cm³/mol. The van der Waals surface area contributed by atoms with Gasteiger partial charge in [0.2, 0.25) is 5.82 Å². The van der Waals surface area contributed by atoms with Crippen LogP contribution in [0.5, 0.6) is 0 Å². The molecule has 10 heteroatoms. The van der Waals surface area contributed by atoms with Crippen LogP contribution < -0.4 is 5.56 Å². The van der Waals surface area contributed by atoms with E-state index in [9.17, 15) is 18.0 Å². The van der Waals surface area contributed by atoms with Gasteiger partial charge in [0, 0.05) is 17.8 Å². The van der Waals surface area contributed by atoms with Gasteiger partial charge in [-0.2, -0.15) is 18.0 Å². The van der Waals surface area contributed by atoms with E-state index in [1.165, 1.54) is 27.4 Å². The Balaban J connectivity index is 1.63. The number of rotatable bonds is 3. The van der Waals surface area contributed by atoms with E-state index in [1.54, 1.807) is 24.4 Å². The van der Waals surface area contributed by atoms with Gasteiger partial charge < -0.3 is 0 Å². The fourth-order valence-corrected chi connectivity index (χ4v) is 2.59. The smallest absolute Gasteiger partial charge is 0.269 e. The van der Waals surface area contributed by atoms with Gasteiger partial charge in [-0.3, -0.25) is 9.20 Å². The summed E-state index contributed by atoms with van der Waals surface area (Å²) in [6.07, 6.45) is -2.85. The molecule has 3 heterocycles. The molecule has 0 saturated heterocycles. The summed E-state index contributed by atoms with van der Waals surface area (Å²) in [5.74, 6) is 0.0543. The molecule has 0 N–H and O–H groups in total. The molecule has 0 atom stereocenters. The number of nitrogens with zero attached hydrogens (tertiary/aromatic N) is 6. The van der Waals surface area contributed by atoms with Crippen molar-refractivity contribution in [1.29, 1.82) is 0 Å². The summed E-state index contributed by atoms with van der Waals surface area (Å²) >= 11 is 0. The Labute approximate surface area is 149 Å². The van der Waals surface area contributed by atoms with Crippen LogP contribution in [0.25, 0.3) is 17.0 Å². The fraction of sp³-hybridized carbons (Fsp3) is 0.118. The topological polar surface area (TPSA) is 78.0 Å². The molecule has 4 aromatic rings. The molecule has 0 saturated carbocycles. The van der Waals surface area contributed by atoms with Gasteiger partial charge in [0.15, 0.2) is 0 Å². The van der Waals surface area contributed by atoms with Gasteiger partial charge in [0.25, 0.3) is 5.56 Å². The fourth-order valence-electron chi connectivity index (χ4n) is 2.59. The zero-order chi connectivity index (χ0) is 19.0. The standard InChI is InChI=1S/C17H11F3N6O/c18-17(19,20)12-5-3-4-11(8-12)16-22-24-26(23-16)10-13-9-15(27)25-7-2-1-6-14(25)21-13/h1-9H,10H2. The minimum absolute atomic E-state index is 0.0543. The molecule has 0 aliphatic rings. The van der Waals surface area contributed by atoms with Crippen LogP contribution in [-0.2, 0) is 12.7 Å². The van der Waals surface area contributed by atoms with E-state index in [1.807, 2.05) is 0 Å². The van der Waals surface area contributed by atoms with E-state index in [4.69, 9.17) is 0 Å². The van der Waals surface area contributed by atoms with Crippen LogP contribution in [0, 0.1) is 0 Å². The number of fused-ring (bicyclic) bond motifs is 1. The van der Waals surface area contributed by atoms with Crippen molar-refractivity contribution in [2.45, 2.75) is 12.7 Å². The van der Waals surface area contributed by atoms with Crippen LogP contribution in [0.2, 0.25) is 0 Å². The molecule has 0 spiro atoms. The van der Waals surface area contributed by atoms with Gasteiger partial charge in [-0.1, -0.05) is 18.2 Å². The van der Waals surface area contributed by atoms with E-state index in [-0.39, 0.29) is 23.5 Å². The third-order valence-electron chi connectivity index (χ3n) is 3.83. The molecule has 1 aromatic carbocycles. The Hall–Kier alpha value is -3.56. The second-order valence-electron chi connectivity index (χ2n) is 5.74. The highest BCUT2D eigenvalue weighted by Gasteiger charge is 2.30. The highest BCUT2D eigenvalue weighted by molar-refractivity contribution is 5.55. The van der Waals surface area contributed by atoms with Gasteiger partial charge in [0.1, 0.15) is 12.2 Å². The quantitative estimate of drug-likeness (QED) is 0.552. The minimum Gasteiger partial charge on any atom is -0.269 e. The summed E-state index contributed by atoms with van der Waals surface area (Å²) in [4.78, 5) is 17.6. The highest BCUT2D eigenvalue weighted by atomic mass is 19.4. The Bertz CT molecular complexity index is 1180. The van der Waals surface area contributed by atoms with Crippen LogP contribution in [0.4, 0.5) is 13.2 Å². The number of benzene rings is 1. The maximum Gasteiger partial charge on any atom is 0.416 e. The highest BCUT2D eigenvalue weighted by Crippen LogP contribution is 2.31. The van der Waals surface area contributed by atoms with Crippen LogP contribution in [0.15, 0.2) is 59.5 Å². The molecule has 0 unspecified atom stereocenters. The Morgan fingerprint density at radius 1 is 1.04 bits per heavy atom. The molecule has 27 heavy (non-hydrogen) atoms. The average Bonchev–Trinajstić information content (AvgIpc) is 3.10. The number of hydrogen-bond acceptors (Lipinski definition) is 5. The lowest BCUT2D eigenvalue weighted by molar-refractivity contribution is -0.137. The minimum atomic E-state index is -4.46. The van der Waals surface area contributed by atoms with Crippen molar-refractivity contribution >= 4 is 5.65 Å². The van der Waals surface area contributed by atoms with E-state index < -0.39 is 11.7 Å². The number of alkyl halides is 3. The van der Waals surface area contributed by atoms with Gasteiger partial charge in [-0.25, -0.2) is 4.98 Å². The van der Waals surface area contributed by atoms with E-state index >= 15 is 0 Å². The number of pyridine rings is 1. The first-order valence-electron chi connectivity index (χ1n) is 7.83. The van der Waals surface area contributed by atoms with Gasteiger partial charge in [-0.15, -0.1) is 10.2 Å². The molecular formula is C17H11F3N6O. The molecule has 3 aromatic heterocycles. The Morgan fingerprint density at radius 3 is 2.70 bits per heavy atom. The van der Waals surface area contributed by atoms with Crippen molar-refractivity contribution in [3.05, 3.63) is 76.3 Å². The maximum atomic E-state index is 12.8. The third kappa shape index (κ3) is 3.41. The molecule has 7 nitrogen and oxygen atoms in total. The molecule has 0 bridgehead atoms. The molecule has 0 amide bonds. The molecule has 0 aliphatic heterocycles. The van der Waals surface area contributed by atoms with Crippen molar-refractivity contribution in [2.75, 3.05) is 0 Å². The molecule has 0 radical (unpaired) electrons. The van der Waals surface area contributed by atoms with Crippen LogP contribution >= 0.6 is 0 Å². The zero-order valence-electron chi connectivity index (χ0n) is 13.6. The lowest BCUT2D eigenvalue weighted by atomic mass is 10.1. The summed E-state index contributed by atoms with van der Waals surface area (Å²) < 4.78 is 39.9. The Kier molecular flexibility index (Phi) is 3.94. The molecule has 0 aliphatic carbocycles. The van der Waals surface area contributed by atoms with Crippen LogP contribution in [0.1, 0.15) is 11.3 Å². The lowest BCUT2D eigenvalue weighted by Gasteiger charge is -2.06. The summed E-state index contributed by atoms with van der Waals surface area (Å²) in [5, 5.41) is 11.7. The monoisotopic (exact) mass is 372 g/mol. The van der Waals surface area contributed by atoms with Crippen LogP contribution in [0.3, 0.4) is 0 Å². The van der Waals surface area contributed by atoms with Gasteiger partial charge >= 0.3 is 6.18 Å². The number of aromatic nitrogens is 6. The summed E-state index contributed by atoms with van der Waals surface area (Å²) in [7, 11) is 0. The van der Waals surface area contributed by atoms with Gasteiger partial charge in [-0.05, 0) is 29.5 Å². The van der Waals surface area contributed by atoms with E-state index in [2.05, 4.69) is 20.4 Å². The van der Waals surface area contributed by atoms with Crippen molar-refractivity contribution < 1.29 is 13.2 Å². The Morgan fingerprint density at radius 2 is 1.89 bits per heavy atom. The number of tetrazole rings is 1. The normalized spacial score (nSPS) is 11.8. The second-order valence-corrected chi connectivity index (χ2v) is 5.74. The second kappa shape index (κ2) is 6.31. The summed E-state index contributed by atoms with van der Waals surface area (Å²) in [6.45, 7) is 0.0621. The van der Waals surface area contributed by atoms with E-state index in [0.29, 0.717) is 11.3 Å². The third-order valence-corrected chi connectivity index (χ3v) is 3.83. The van der Waals surface area contributed by atoms with Crippen molar-refractivity contribution in [3.8, 4) is 11.4 Å². The zero-order valence-corrected chi connectivity index (χ0v) is 13.6. The molecular weight excluding hydrogens is 361 g/mol. The first-order chi connectivity index (χ1) is 12.9. The first kappa shape index (κ1) is 16.9.